The molecule has 0 amide bonds. The molecule has 3 nitrogen and oxygen atoms in total. The fraction of sp³-hybridized carbons (Fsp3) is 0.188. The lowest BCUT2D eigenvalue weighted by atomic mass is 9.63. The summed E-state index contributed by atoms with van der Waals surface area (Å²) in [6.07, 6.45) is 9.77. The summed E-state index contributed by atoms with van der Waals surface area (Å²) in [4.78, 5) is 4.57. The van der Waals surface area contributed by atoms with E-state index in [1.165, 1.54) is 11.1 Å². The fourth-order valence-corrected chi connectivity index (χ4v) is 3.81. The van der Waals surface area contributed by atoms with Crippen LogP contribution in [0.3, 0.4) is 0 Å². The second kappa shape index (κ2) is 2.82. The topological polar surface area (TPSA) is 41.8 Å². The van der Waals surface area contributed by atoms with E-state index < -0.39 is 0 Å². The Morgan fingerprint density at radius 3 is 3.21 bits per heavy atom. The molecule has 19 heavy (non-hydrogen) atoms. The molecule has 2 heterocycles. The molecule has 92 valence electrons. The average Bonchev–Trinajstić information content (AvgIpc) is 2.74. The molecule has 0 fully saturated rings. The third kappa shape index (κ3) is 0.887. The van der Waals surface area contributed by atoms with Gasteiger partial charge in [0.1, 0.15) is 5.76 Å². The van der Waals surface area contributed by atoms with Crippen molar-refractivity contribution in [3.8, 4) is 11.5 Å². The van der Waals surface area contributed by atoms with Gasteiger partial charge in [-0.1, -0.05) is 18.2 Å². The van der Waals surface area contributed by atoms with Crippen LogP contribution in [0.5, 0.6) is 11.5 Å². The molecule has 1 N–H and O–H groups in total. The molecule has 1 aromatic carbocycles. The normalized spacial score (nSPS) is 28.1. The molecule has 2 aliphatic heterocycles. The lowest BCUT2D eigenvalue weighted by Crippen LogP contribution is -2.36. The highest BCUT2D eigenvalue weighted by Crippen LogP contribution is 2.61. The molecule has 0 saturated carbocycles. The third-order valence-electron chi connectivity index (χ3n) is 4.57. The van der Waals surface area contributed by atoms with Crippen LogP contribution in [0.1, 0.15) is 17.5 Å². The quantitative estimate of drug-likeness (QED) is 0.768. The summed E-state index contributed by atoms with van der Waals surface area (Å²) in [6, 6.07) is 3.72. The van der Waals surface area contributed by atoms with Gasteiger partial charge in [-0.05, 0) is 23.3 Å². The number of allylic oxidation sites excluding steroid dienone is 5. The van der Waals surface area contributed by atoms with E-state index in [0.29, 0.717) is 5.75 Å². The van der Waals surface area contributed by atoms with E-state index in [-0.39, 0.29) is 11.2 Å². The van der Waals surface area contributed by atoms with Crippen LogP contribution in [0.2, 0.25) is 0 Å². The zero-order chi connectivity index (χ0) is 12.6. The SMILES string of the molecule is Oc1ccc2c3c1OC1=CC=CC4=C(C2)N=CCC143. The van der Waals surface area contributed by atoms with Crippen LogP contribution in [0.25, 0.3) is 0 Å². The maximum Gasteiger partial charge on any atom is 0.173 e. The van der Waals surface area contributed by atoms with E-state index in [4.69, 9.17) is 4.74 Å². The van der Waals surface area contributed by atoms with Gasteiger partial charge in [-0.3, -0.25) is 4.99 Å². The minimum Gasteiger partial charge on any atom is -0.504 e. The van der Waals surface area contributed by atoms with Crippen LogP contribution in [-0.4, -0.2) is 11.3 Å². The Balaban J connectivity index is 1.98. The van der Waals surface area contributed by atoms with Crippen LogP contribution in [0, 0.1) is 0 Å². The molecule has 4 aliphatic rings. The van der Waals surface area contributed by atoms with Crippen molar-refractivity contribution < 1.29 is 9.84 Å². The highest BCUT2D eigenvalue weighted by molar-refractivity contribution is 5.79. The Kier molecular flexibility index (Phi) is 1.43. The van der Waals surface area contributed by atoms with Gasteiger partial charge in [0.2, 0.25) is 0 Å². The number of benzene rings is 1. The Hall–Kier alpha value is -2.29. The number of phenols is 1. The Morgan fingerprint density at radius 2 is 2.26 bits per heavy atom. The standard InChI is InChI=1S/C16H11NO2/c18-12-5-4-9-8-11-10-2-1-3-13-16(10,6-7-17-11)14(9)15(12)19-13/h1-5,7,18H,6,8H2. The molecule has 1 spiro atoms. The summed E-state index contributed by atoms with van der Waals surface area (Å²) in [5.74, 6) is 1.79. The molecule has 0 radical (unpaired) electrons. The maximum atomic E-state index is 10.1. The summed E-state index contributed by atoms with van der Waals surface area (Å²) in [5, 5.41) is 10.1. The van der Waals surface area contributed by atoms with Gasteiger partial charge in [-0.15, -0.1) is 0 Å². The van der Waals surface area contributed by atoms with E-state index >= 15 is 0 Å². The van der Waals surface area contributed by atoms with Crippen LogP contribution < -0.4 is 4.74 Å². The average molecular weight is 249 g/mol. The lowest BCUT2D eigenvalue weighted by molar-refractivity contribution is 0.368. The first kappa shape index (κ1) is 9.62. The van der Waals surface area contributed by atoms with Gasteiger partial charge in [0.05, 0.1) is 5.41 Å². The van der Waals surface area contributed by atoms with Gasteiger partial charge >= 0.3 is 0 Å². The molecule has 3 heteroatoms. The van der Waals surface area contributed by atoms with Gasteiger partial charge in [-0.25, -0.2) is 0 Å². The zero-order valence-corrected chi connectivity index (χ0v) is 10.2. The molecule has 0 aromatic heterocycles. The smallest absolute Gasteiger partial charge is 0.173 e. The molecule has 1 unspecified atom stereocenters. The number of phenolic OH excluding ortho intramolecular Hbond substituents is 1. The summed E-state index contributed by atoms with van der Waals surface area (Å²) < 4.78 is 5.97. The molecular weight excluding hydrogens is 238 g/mol. The van der Waals surface area contributed by atoms with Crippen LogP contribution >= 0.6 is 0 Å². The minimum absolute atomic E-state index is 0.229. The van der Waals surface area contributed by atoms with Crippen molar-refractivity contribution in [2.24, 2.45) is 4.99 Å². The Labute approximate surface area is 110 Å². The summed E-state index contributed by atoms with van der Waals surface area (Å²) in [5.41, 5.74) is 4.51. The zero-order valence-electron chi connectivity index (χ0n) is 10.2. The van der Waals surface area contributed by atoms with Gasteiger partial charge in [0.15, 0.2) is 11.5 Å². The number of aromatic hydroxyl groups is 1. The van der Waals surface area contributed by atoms with Crippen LogP contribution in [-0.2, 0) is 11.8 Å². The number of aliphatic imine (C=N–C) groups is 1. The fourth-order valence-electron chi connectivity index (χ4n) is 3.81. The summed E-state index contributed by atoms with van der Waals surface area (Å²) in [7, 11) is 0. The Morgan fingerprint density at radius 1 is 1.32 bits per heavy atom. The molecular formula is C16H11NO2. The minimum atomic E-state index is -0.229. The predicted octanol–water partition coefficient (Wildman–Crippen LogP) is 2.76. The molecule has 0 saturated heterocycles. The highest BCUT2D eigenvalue weighted by Gasteiger charge is 2.54. The Bertz CT molecular complexity index is 767. The van der Waals surface area contributed by atoms with E-state index in [0.717, 1.165) is 29.9 Å². The van der Waals surface area contributed by atoms with Crippen LogP contribution in [0.15, 0.2) is 52.4 Å². The van der Waals surface area contributed by atoms with E-state index in [1.807, 2.05) is 24.4 Å². The van der Waals surface area contributed by atoms with Crippen molar-refractivity contribution in [3.63, 3.8) is 0 Å². The van der Waals surface area contributed by atoms with E-state index in [2.05, 4.69) is 11.1 Å². The third-order valence-corrected chi connectivity index (χ3v) is 4.57. The van der Waals surface area contributed by atoms with Crippen molar-refractivity contribution in [2.75, 3.05) is 0 Å². The molecule has 5 rings (SSSR count). The molecule has 1 aromatic rings. The predicted molar refractivity (Wildman–Crippen MR) is 71.5 cm³/mol. The molecule has 2 bridgehead atoms. The van der Waals surface area contributed by atoms with Gasteiger partial charge < -0.3 is 9.84 Å². The largest absolute Gasteiger partial charge is 0.504 e. The van der Waals surface area contributed by atoms with Gasteiger partial charge in [0.25, 0.3) is 0 Å². The van der Waals surface area contributed by atoms with Gasteiger partial charge in [-0.2, -0.15) is 0 Å². The first-order chi connectivity index (χ1) is 9.30. The summed E-state index contributed by atoms with van der Waals surface area (Å²) in [6.45, 7) is 0. The monoisotopic (exact) mass is 249 g/mol. The second-order valence-electron chi connectivity index (χ2n) is 5.40. The van der Waals surface area contributed by atoms with Crippen molar-refractivity contribution in [1.82, 2.24) is 0 Å². The van der Waals surface area contributed by atoms with E-state index in [9.17, 15) is 5.11 Å². The van der Waals surface area contributed by atoms with Crippen molar-refractivity contribution in [1.29, 1.82) is 0 Å². The molecule has 1 atom stereocenters. The number of nitrogens with zero attached hydrogens (tertiary/aromatic N) is 1. The first-order valence-corrected chi connectivity index (χ1v) is 6.49. The number of hydrogen-bond acceptors (Lipinski definition) is 3. The first-order valence-electron chi connectivity index (χ1n) is 6.49. The van der Waals surface area contributed by atoms with Crippen LogP contribution in [0.4, 0.5) is 0 Å². The number of ether oxygens (including phenoxy) is 1. The highest BCUT2D eigenvalue weighted by atomic mass is 16.5. The summed E-state index contributed by atoms with van der Waals surface area (Å²) >= 11 is 0. The van der Waals surface area contributed by atoms with Crippen molar-refractivity contribution in [3.05, 3.63) is 58.5 Å². The van der Waals surface area contributed by atoms with Gasteiger partial charge in [0, 0.05) is 30.3 Å². The molecule has 2 aliphatic carbocycles. The maximum absolute atomic E-state index is 10.1. The number of hydrogen-bond donors (Lipinski definition) is 1. The lowest BCUT2D eigenvalue weighted by Gasteiger charge is -2.39. The number of rotatable bonds is 0. The second-order valence-corrected chi connectivity index (χ2v) is 5.40. The van der Waals surface area contributed by atoms with Crippen molar-refractivity contribution in [2.45, 2.75) is 18.3 Å². The van der Waals surface area contributed by atoms with Crippen molar-refractivity contribution >= 4 is 6.21 Å². The van der Waals surface area contributed by atoms with E-state index in [1.54, 1.807) is 6.07 Å².